The van der Waals surface area contributed by atoms with Crippen LogP contribution in [0.3, 0.4) is 0 Å². The smallest absolute Gasteiger partial charge is 0.237 e. The number of hydrogen-bond donors (Lipinski definition) is 0. The molecule has 0 aliphatic carbocycles. The van der Waals surface area contributed by atoms with Crippen molar-refractivity contribution in [2.45, 2.75) is 31.2 Å². The molecule has 4 rings (SSSR count). The standard InChI is InChI=1S/C21H21N5OS/c1-4-15-9-11-16(12-10-15)19-22-18(27-25-19)13-28-21-24-23-20(26(21)3)17-8-6-5-7-14(17)2/h5-12H,4,13H2,1-3H3. The van der Waals surface area contributed by atoms with Crippen LogP contribution in [0.15, 0.2) is 58.2 Å². The molecule has 0 aliphatic rings. The van der Waals surface area contributed by atoms with Gasteiger partial charge in [-0.1, -0.05) is 72.4 Å². The predicted molar refractivity (Wildman–Crippen MR) is 110 cm³/mol. The summed E-state index contributed by atoms with van der Waals surface area (Å²) in [6.45, 7) is 4.21. The maximum absolute atomic E-state index is 5.41. The molecule has 4 aromatic rings. The Morgan fingerprint density at radius 3 is 2.57 bits per heavy atom. The number of nitrogens with zero attached hydrogens (tertiary/aromatic N) is 5. The first kappa shape index (κ1) is 18.4. The molecule has 0 aliphatic heterocycles. The third kappa shape index (κ3) is 3.71. The molecule has 2 heterocycles. The molecule has 7 heteroatoms. The van der Waals surface area contributed by atoms with E-state index in [1.807, 2.05) is 35.9 Å². The van der Waals surface area contributed by atoms with Gasteiger partial charge in [0.2, 0.25) is 11.7 Å². The molecule has 0 amide bonds. The molecule has 0 N–H and O–H groups in total. The third-order valence-corrected chi connectivity index (χ3v) is 5.64. The van der Waals surface area contributed by atoms with Gasteiger partial charge in [0.25, 0.3) is 0 Å². The van der Waals surface area contributed by atoms with Gasteiger partial charge in [-0.15, -0.1) is 10.2 Å². The summed E-state index contributed by atoms with van der Waals surface area (Å²) in [5.74, 6) is 2.57. The number of rotatable bonds is 6. The summed E-state index contributed by atoms with van der Waals surface area (Å²) in [5.41, 5.74) is 4.50. The summed E-state index contributed by atoms with van der Waals surface area (Å²) in [6, 6.07) is 16.4. The maximum Gasteiger partial charge on any atom is 0.237 e. The van der Waals surface area contributed by atoms with Gasteiger partial charge in [0.05, 0.1) is 5.75 Å². The maximum atomic E-state index is 5.41. The van der Waals surface area contributed by atoms with Crippen molar-refractivity contribution in [3.05, 3.63) is 65.5 Å². The van der Waals surface area contributed by atoms with E-state index < -0.39 is 0 Å². The van der Waals surface area contributed by atoms with Crippen LogP contribution in [0.25, 0.3) is 22.8 Å². The quantitative estimate of drug-likeness (QED) is 0.444. The van der Waals surface area contributed by atoms with Gasteiger partial charge in [-0.25, -0.2) is 0 Å². The molecule has 0 atom stereocenters. The molecular formula is C21H21N5OS. The number of thioether (sulfide) groups is 1. The fraction of sp³-hybridized carbons (Fsp3) is 0.238. The Labute approximate surface area is 168 Å². The van der Waals surface area contributed by atoms with Gasteiger partial charge in [-0.3, -0.25) is 0 Å². The van der Waals surface area contributed by atoms with E-state index in [2.05, 4.69) is 58.5 Å². The Morgan fingerprint density at radius 1 is 1.04 bits per heavy atom. The van der Waals surface area contributed by atoms with Crippen molar-refractivity contribution in [2.75, 3.05) is 0 Å². The van der Waals surface area contributed by atoms with E-state index in [1.165, 1.54) is 22.9 Å². The van der Waals surface area contributed by atoms with Gasteiger partial charge in [0.1, 0.15) is 0 Å². The summed E-state index contributed by atoms with van der Waals surface area (Å²) in [4.78, 5) is 4.50. The Kier molecular flexibility index (Phi) is 5.25. The number of hydrogen-bond acceptors (Lipinski definition) is 6. The van der Waals surface area contributed by atoms with Crippen LogP contribution in [0, 0.1) is 6.92 Å². The number of benzene rings is 2. The fourth-order valence-corrected chi connectivity index (χ4v) is 3.69. The van der Waals surface area contributed by atoms with Crippen LogP contribution in [0.1, 0.15) is 23.9 Å². The van der Waals surface area contributed by atoms with Gasteiger partial charge in [-0.05, 0) is 24.5 Å². The average molecular weight is 392 g/mol. The zero-order chi connectivity index (χ0) is 19.5. The Balaban J connectivity index is 1.47. The van der Waals surface area contributed by atoms with Crippen molar-refractivity contribution in [2.24, 2.45) is 7.05 Å². The minimum Gasteiger partial charge on any atom is -0.338 e. The van der Waals surface area contributed by atoms with Gasteiger partial charge in [0, 0.05) is 18.2 Å². The highest BCUT2D eigenvalue weighted by Gasteiger charge is 2.15. The van der Waals surface area contributed by atoms with Gasteiger partial charge < -0.3 is 9.09 Å². The molecule has 0 saturated carbocycles. The van der Waals surface area contributed by atoms with Gasteiger partial charge in [-0.2, -0.15) is 4.98 Å². The van der Waals surface area contributed by atoms with Crippen LogP contribution >= 0.6 is 11.8 Å². The third-order valence-electron chi connectivity index (χ3n) is 4.63. The van der Waals surface area contributed by atoms with E-state index >= 15 is 0 Å². The lowest BCUT2D eigenvalue weighted by Gasteiger charge is -2.05. The lowest BCUT2D eigenvalue weighted by molar-refractivity contribution is 0.391. The van der Waals surface area contributed by atoms with Crippen molar-refractivity contribution in [3.8, 4) is 22.8 Å². The molecule has 0 radical (unpaired) electrons. The van der Waals surface area contributed by atoms with Gasteiger partial charge in [0.15, 0.2) is 11.0 Å². The molecule has 2 aromatic carbocycles. The minimum absolute atomic E-state index is 0.541. The second-order valence-electron chi connectivity index (χ2n) is 6.53. The van der Waals surface area contributed by atoms with Crippen LogP contribution in [-0.4, -0.2) is 24.9 Å². The van der Waals surface area contributed by atoms with Crippen molar-refractivity contribution in [3.63, 3.8) is 0 Å². The first-order valence-corrected chi connectivity index (χ1v) is 10.1. The highest BCUT2D eigenvalue weighted by Crippen LogP contribution is 2.27. The second kappa shape index (κ2) is 7.98. The highest BCUT2D eigenvalue weighted by molar-refractivity contribution is 7.98. The average Bonchev–Trinajstić information content (AvgIpc) is 3.34. The zero-order valence-electron chi connectivity index (χ0n) is 16.1. The van der Waals surface area contributed by atoms with Crippen molar-refractivity contribution >= 4 is 11.8 Å². The van der Waals surface area contributed by atoms with E-state index in [1.54, 1.807) is 0 Å². The van der Waals surface area contributed by atoms with Crippen LogP contribution in [0.5, 0.6) is 0 Å². The number of aromatic nitrogens is 5. The lowest BCUT2D eigenvalue weighted by Crippen LogP contribution is -1.96. The van der Waals surface area contributed by atoms with Crippen molar-refractivity contribution in [1.29, 1.82) is 0 Å². The summed E-state index contributed by atoms with van der Waals surface area (Å²) >= 11 is 1.53. The van der Waals surface area contributed by atoms with E-state index in [0.29, 0.717) is 17.5 Å². The minimum atomic E-state index is 0.541. The van der Waals surface area contributed by atoms with E-state index in [-0.39, 0.29) is 0 Å². The summed E-state index contributed by atoms with van der Waals surface area (Å²) in [5, 5.41) is 13.6. The molecule has 0 bridgehead atoms. The normalized spacial score (nSPS) is 11.1. The predicted octanol–water partition coefficient (Wildman–Crippen LogP) is 4.70. The molecule has 2 aromatic heterocycles. The zero-order valence-corrected chi connectivity index (χ0v) is 16.9. The van der Waals surface area contributed by atoms with E-state index in [0.717, 1.165) is 28.5 Å². The molecule has 0 spiro atoms. The Bertz CT molecular complexity index is 1080. The van der Waals surface area contributed by atoms with Crippen LogP contribution in [0.4, 0.5) is 0 Å². The molecule has 142 valence electrons. The van der Waals surface area contributed by atoms with E-state index in [4.69, 9.17) is 4.52 Å². The van der Waals surface area contributed by atoms with Gasteiger partial charge >= 0.3 is 0 Å². The first-order chi connectivity index (χ1) is 13.7. The molecular weight excluding hydrogens is 370 g/mol. The SMILES string of the molecule is CCc1ccc(-c2noc(CSc3nnc(-c4ccccc4C)n3C)n2)cc1. The van der Waals surface area contributed by atoms with Crippen molar-refractivity contribution < 1.29 is 4.52 Å². The van der Waals surface area contributed by atoms with Crippen molar-refractivity contribution in [1.82, 2.24) is 24.9 Å². The summed E-state index contributed by atoms with van der Waals surface area (Å²) < 4.78 is 7.40. The summed E-state index contributed by atoms with van der Waals surface area (Å²) in [7, 11) is 1.97. The first-order valence-electron chi connectivity index (χ1n) is 9.15. The highest BCUT2D eigenvalue weighted by atomic mass is 32.2. The molecule has 0 unspecified atom stereocenters. The molecule has 28 heavy (non-hydrogen) atoms. The summed E-state index contributed by atoms with van der Waals surface area (Å²) in [6.07, 6.45) is 1.01. The number of aryl methyl sites for hydroxylation is 2. The van der Waals surface area contributed by atoms with Crippen LogP contribution < -0.4 is 0 Å². The molecule has 6 nitrogen and oxygen atoms in total. The van der Waals surface area contributed by atoms with Crippen LogP contribution in [0.2, 0.25) is 0 Å². The lowest BCUT2D eigenvalue weighted by atomic mass is 10.1. The topological polar surface area (TPSA) is 69.6 Å². The Morgan fingerprint density at radius 2 is 1.82 bits per heavy atom. The van der Waals surface area contributed by atoms with Crippen LogP contribution in [-0.2, 0) is 19.2 Å². The fourth-order valence-electron chi connectivity index (χ4n) is 2.95. The second-order valence-corrected chi connectivity index (χ2v) is 7.47. The molecule has 0 fully saturated rings. The monoisotopic (exact) mass is 391 g/mol. The largest absolute Gasteiger partial charge is 0.338 e. The molecule has 0 saturated heterocycles. The Hall–Kier alpha value is -2.93. The van der Waals surface area contributed by atoms with E-state index in [9.17, 15) is 0 Å².